The quantitative estimate of drug-likeness (QED) is 0.569. The molecule has 0 aromatic heterocycles. The Morgan fingerprint density at radius 2 is 2.33 bits per heavy atom. The second kappa shape index (κ2) is 3.34. The van der Waals surface area contributed by atoms with E-state index in [1.54, 1.807) is 0 Å². The van der Waals surface area contributed by atoms with Crippen LogP contribution in [0.5, 0.6) is 0 Å². The molecular weight excluding hydrogens is 246 g/mol. The number of hydrogen-bond acceptors (Lipinski definition) is 0. The number of allylic oxidation sites excluding steroid dienone is 4. The Balaban J connectivity index is 0.000000250. The first-order valence-corrected chi connectivity index (χ1v) is 1.72. The molecule has 0 atom stereocenters. The Labute approximate surface area is 51.6 Å². The van der Waals surface area contributed by atoms with Crippen molar-refractivity contribution < 1.29 is 20.4 Å². The van der Waals surface area contributed by atoms with Gasteiger partial charge in [0.2, 0.25) is 0 Å². The monoisotopic (exact) mass is 252 g/mol. The molecule has 0 amide bonds. The van der Waals surface area contributed by atoms with Gasteiger partial charge in [0.1, 0.15) is 0 Å². The van der Waals surface area contributed by atoms with Gasteiger partial charge in [-0.05, 0) is 0 Å². The fraction of sp³-hybridized carbons (Fsp3) is 0.200. The molecule has 1 rings (SSSR count). The molecule has 0 aromatic carbocycles. The van der Waals surface area contributed by atoms with E-state index in [1.807, 2.05) is 12.2 Å². The maximum Gasteiger partial charge on any atom is 0 e. The Morgan fingerprint density at radius 1 is 1.50 bits per heavy atom. The third-order valence-electron chi connectivity index (χ3n) is 0.586. The maximum absolute atomic E-state index is 2.99. The molecule has 0 saturated heterocycles. The maximum atomic E-state index is 2.99. The molecule has 0 heterocycles. The number of hydrogen-bond donors (Lipinski definition) is 0. The summed E-state index contributed by atoms with van der Waals surface area (Å²) in [5.41, 5.74) is 0. The standard InChI is InChI=1S/C5H5.Re/c1-2-4-5-3-1;/h1-3H,4H2;/q-1;. The average molecular weight is 251 g/mol. The molecule has 0 bridgehead atoms. The third kappa shape index (κ3) is 1.55. The van der Waals surface area contributed by atoms with E-state index in [-0.39, 0.29) is 20.4 Å². The van der Waals surface area contributed by atoms with Gasteiger partial charge in [0, 0.05) is 20.4 Å². The molecule has 33 valence electrons. The molecule has 0 aromatic rings. The van der Waals surface area contributed by atoms with Gasteiger partial charge in [-0.3, -0.25) is 6.08 Å². The molecule has 0 spiro atoms. The van der Waals surface area contributed by atoms with Crippen molar-refractivity contribution in [3.8, 4) is 0 Å². The van der Waals surface area contributed by atoms with Crippen LogP contribution in [-0.4, -0.2) is 0 Å². The van der Waals surface area contributed by atoms with E-state index in [9.17, 15) is 0 Å². The Morgan fingerprint density at radius 3 is 2.50 bits per heavy atom. The minimum Gasteiger partial charge on any atom is -0.273 e. The van der Waals surface area contributed by atoms with Crippen LogP contribution in [0.1, 0.15) is 6.42 Å². The van der Waals surface area contributed by atoms with Gasteiger partial charge in [0.15, 0.2) is 0 Å². The van der Waals surface area contributed by atoms with Crippen LogP contribution in [0.15, 0.2) is 18.2 Å². The predicted octanol–water partition coefficient (Wildman–Crippen LogP) is 1.30. The molecule has 0 saturated carbocycles. The first kappa shape index (κ1) is 6.14. The Kier molecular flexibility index (Phi) is 3.42. The van der Waals surface area contributed by atoms with Gasteiger partial charge >= 0.3 is 0 Å². The molecule has 1 aliphatic rings. The molecule has 1 aliphatic carbocycles. The van der Waals surface area contributed by atoms with E-state index in [0.29, 0.717) is 0 Å². The van der Waals surface area contributed by atoms with Crippen LogP contribution >= 0.6 is 0 Å². The van der Waals surface area contributed by atoms with Crippen molar-refractivity contribution in [1.29, 1.82) is 0 Å². The van der Waals surface area contributed by atoms with Crippen molar-refractivity contribution in [1.82, 2.24) is 0 Å². The topological polar surface area (TPSA) is 0 Å². The van der Waals surface area contributed by atoms with Crippen LogP contribution in [0.25, 0.3) is 0 Å². The molecule has 6 heavy (non-hydrogen) atoms. The molecule has 0 nitrogen and oxygen atoms in total. The Bertz CT molecular complexity index is 62.0. The molecule has 1 heteroatoms. The van der Waals surface area contributed by atoms with Crippen LogP contribution in [0.4, 0.5) is 0 Å². The summed E-state index contributed by atoms with van der Waals surface area (Å²) in [6.45, 7) is 0. The largest absolute Gasteiger partial charge is 0.273 e. The van der Waals surface area contributed by atoms with Crippen LogP contribution < -0.4 is 0 Å². The van der Waals surface area contributed by atoms with Gasteiger partial charge in [-0.2, -0.15) is 6.08 Å². The first-order chi connectivity index (χ1) is 2.50. The zero-order valence-electron chi connectivity index (χ0n) is 3.32. The van der Waals surface area contributed by atoms with Crippen molar-refractivity contribution in [2.24, 2.45) is 0 Å². The zero-order chi connectivity index (χ0) is 3.54. The van der Waals surface area contributed by atoms with Crippen molar-refractivity contribution in [3.63, 3.8) is 0 Å². The van der Waals surface area contributed by atoms with Gasteiger partial charge in [-0.1, -0.05) is 0 Å². The van der Waals surface area contributed by atoms with Crippen LogP contribution in [0.2, 0.25) is 0 Å². The van der Waals surface area contributed by atoms with Crippen molar-refractivity contribution in [2.45, 2.75) is 6.42 Å². The van der Waals surface area contributed by atoms with E-state index in [1.165, 1.54) is 0 Å². The average Bonchev–Trinajstić information content (AvgIpc) is 1.76. The van der Waals surface area contributed by atoms with Gasteiger partial charge < -0.3 is 0 Å². The minimum absolute atomic E-state index is 0. The molecule has 1 radical (unpaired) electrons. The third-order valence-corrected chi connectivity index (χ3v) is 0.586. The second-order valence-electron chi connectivity index (χ2n) is 1.00. The normalized spacial score (nSPS) is 14.7. The SMILES string of the molecule is [C-]1=CC=CC1.[Re]. The van der Waals surface area contributed by atoms with Gasteiger partial charge in [-0.25, -0.2) is 12.2 Å². The molecular formula is C5H5Re-. The molecule has 0 unspecified atom stereocenters. The van der Waals surface area contributed by atoms with Crippen molar-refractivity contribution in [2.75, 3.05) is 0 Å². The van der Waals surface area contributed by atoms with Gasteiger partial charge in [0.25, 0.3) is 0 Å². The number of rotatable bonds is 0. The van der Waals surface area contributed by atoms with E-state index >= 15 is 0 Å². The van der Waals surface area contributed by atoms with Crippen molar-refractivity contribution in [3.05, 3.63) is 24.3 Å². The van der Waals surface area contributed by atoms with Crippen LogP contribution in [0.3, 0.4) is 0 Å². The molecule has 0 N–H and O–H groups in total. The van der Waals surface area contributed by atoms with Gasteiger partial charge in [-0.15, -0.1) is 6.42 Å². The summed E-state index contributed by atoms with van der Waals surface area (Å²) in [6.07, 6.45) is 10.0. The summed E-state index contributed by atoms with van der Waals surface area (Å²) in [7, 11) is 0. The second-order valence-corrected chi connectivity index (χ2v) is 1.00. The fourth-order valence-electron chi connectivity index (χ4n) is 0.340. The van der Waals surface area contributed by atoms with E-state index in [0.717, 1.165) is 6.42 Å². The fourth-order valence-corrected chi connectivity index (χ4v) is 0.340. The summed E-state index contributed by atoms with van der Waals surface area (Å²) < 4.78 is 0. The zero-order valence-corrected chi connectivity index (χ0v) is 6.03. The predicted molar refractivity (Wildman–Crippen MR) is 21.6 cm³/mol. The van der Waals surface area contributed by atoms with Crippen LogP contribution in [0, 0.1) is 6.08 Å². The van der Waals surface area contributed by atoms with Crippen LogP contribution in [-0.2, 0) is 20.4 Å². The van der Waals surface area contributed by atoms with E-state index in [4.69, 9.17) is 0 Å². The summed E-state index contributed by atoms with van der Waals surface area (Å²) in [6, 6.07) is 0. The summed E-state index contributed by atoms with van der Waals surface area (Å²) >= 11 is 0. The molecule has 0 aliphatic heterocycles. The summed E-state index contributed by atoms with van der Waals surface area (Å²) in [5.74, 6) is 0. The Hall–Kier alpha value is 0.142. The van der Waals surface area contributed by atoms with E-state index in [2.05, 4.69) is 12.2 Å². The summed E-state index contributed by atoms with van der Waals surface area (Å²) in [5, 5.41) is 0. The van der Waals surface area contributed by atoms with Gasteiger partial charge in [0.05, 0.1) is 0 Å². The van der Waals surface area contributed by atoms with Crippen molar-refractivity contribution >= 4 is 0 Å². The van der Waals surface area contributed by atoms with E-state index < -0.39 is 0 Å². The summed E-state index contributed by atoms with van der Waals surface area (Å²) in [4.78, 5) is 0. The minimum atomic E-state index is 0. The molecule has 0 fully saturated rings. The first-order valence-electron chi connectivity index (χ1n) is 1.72. The smallest absolute Gasteiger partial charge is 0 e.